The Morgan fingerprint density at radius 2 is 2.00 bits per heavy atom. The summed E-state index contributed by atoms with van der Waals surface area (Å²) in [6.07, 6.45) is 1.94. The van der Waals surface area contributed by atoms with E-state index in [0.717, 1.165) is 24.9 Å². The van der Waals surface area contributed by atoms with Crippen molar-refractivity contribution in [3.05, 3.63) is 44.6 Å². The maximum absolute atomic E-state index is 13.5. The molecular weight excluding hydrogens is 400 g/mol. The van der Waals surface area contributed by atoms with E-state index in [2.05, 4.69) is 15.2 Å². The maximum Gasteiger partial charge on any atom is 0.332 e. The molecule has 0 bridgehead atoms. The van der Waals surface area contributed by atoms with Gasteiger partial charge in [-0.1, -0.05) is 6.07 Å². The number of aryl methyl sites for hydroxylation is 2. The molecule has 11 heteroatoms. The molecule has 0 spiro atoms. The smallest absolute Gasteiger partial charge is 0.332 e. The van der Waals surface area contributed by atoms with E-state index in [0.29, 0.717) is 41.2 Å². The van der Waals surface area contributed by atoms with Crippen molar-refractivity contribution in [1.82, 2.24) is 29.0 Å². The van der Waals surface area contributed by atoms with E-state index in [1.165, 1.54) is 9.13 Å². The molecule has 4 aromatic rings. The van der Waals surface area contributed by atoms with E-state index < -0.39 is 5.69 Å². The highest BCUT2D eigenvalue weighted by Gasteiger charge is 2.25. The average molecular weight is 424 g/mol. The third-order valence-electron chi connectivity index (χ3n) is 5.93. The summed E-state index contributed by atoms with van der Waals surface area (Å²) in [5.74, 6) is 0.688. The number of hydrogen-bond acceptors (Lipinski definition) is 8. The number of nitrogens with two attached hydrogens (primary N) is 1. The summed E-state index contributed by atoms with van der Waals surface area (Å²) >= 11 is 0. The van der Waals surface area contributed by atoms with Gasteiger partial charge in [0.1, 0.15) is 11.0 Å². The third-order valence-corrected chi connectivity index (χ3v) is 5.93. The van der Waals surface area contributed by atoms with Crippen LogP contribution in [0.25, 0.3) is 22.2 Å². The standard InChI is InChI=1S/C20H24N8O3/c1-3-27-16-17(22-19(27)26-8-4-5-13(21)11-26)25(2)20(30)28(18(16)29)10-12-6-7-14-15(9-12)24-31-23-14/h6-7,9,13H,3-5,8,10-11,21H2,1-2H3. The minimum absolute atomic E-state index is 0.0697. The first kappa shape index (κ1) is 19.5. The van der Waals surface area contributed by atoms with Crippen molar-refractivity contribution in [3.8, 4) is 0 Å². The zero-order valence-electron chi connectivity index (χ0n) is 17.5. The van der Waals surface area contributed by atoms with Gasteiger partial charge in [0.05, 0.1) is 6.54 Å². The highest BCUT2D eigenvalue weighted by atomic mass is 16.6. The van der Waals surface area contributed by atoms with Gasteiger partial charge in [-0.15, -0.1) is 0 Å². The fourth-order valence-electron chi connectivity index (χ4n) is 4.34. The van der Waals surface area contributed by atoms with E-state index in [4.69, 9.17) is 15.3 Å². The van der Waals surface area contributed by atoms with Crippen LogP contribution in [0, 0.1) is 0 Å². The summed E-state index contributed by atoms with van der Waals surface area (Å²) in [6.45, 7) is 4.14. The summed E-state index contributed by atoms with van der Waals surface area (Å²) in [4.78, 5) is 33.3. The first-order chi connectivity index (χ1) is 15.0. The molecule has 5 rings (SSSR count). The number of nitrogens with zero attached hydrogens (tertiary/aromatic N) is 7. The lowest BCUT2D eigenvalue weighted by Crippen LogP contribution is -2.44. The largest absolute Gasteiger partial charge is 0.341 e. The molecule has 1 aromatic carbocycles. The number of hydrogen-bond donors (Lipinski definition) is 1. The van der Waals surface area contributed by atoms with Crippen LogP contribution in [0.15, 0.2) is 32.4 Å². The van der Waals surface area contributed by atoms with Crippen LogP contribution >= 0.6 is 0 Å². The van der Waals surface area contributed by atoms with Gasteiger partial charge in [0.25, 0.3) is 5.56 Å². The molecule has 1 atom stereocenters. The monoisotopic (exact) mass is 424 g/mol. The average Bonchev–Trinajstić information content (AvgIpc) is 3.39. The molecule has 0 aliphatic carbocycles. The van der Waals surface area contributed by atoms with Crippen molar-refractivity contribution in [2.75, 3.05) is 18.0 Å². The van der Waals surface area contributed by atoms with Gasteiger partial charge in [-0.25, -0.2) is 9.42 Å². The Hall–Kier alpha value is -3.47. The Labute approximate surface area is 176 Å². The van der Waals surface area contributed by atoms with Gasteiger partial charge in [0, 0.05) is 32.7 Å². The zero-order chi connectivity index (χ0) is 21.7. The third kappa shape index (κ3) is 3.12. The molecule has 31 heavy (non-hydrogen) atoms. The Bertz CT molecular complexity index is 1400. The van der Waals surface area contributed by atoms with Crippen LogP contribution in [-0.4, -0.2) is 48.1 Å². The minimum Gasteiger partial charge on any atom is -0.341 e. The van der Waals surface area contributed by atoms with E-state index in [9.17, 15) is 9.59 Å². The Morgan fingerprint density at radius 1 is 1.19 bits per heavy atom. The number of aromatic nitrogens is 6. The molecule has 0 amide bonds. The fraction of sp³-hybridized carbons (Fsp3) is 0.450. The predicted octanol–water partition coefficient (Wildman–Crippen LogP) is 0.429. The second kappa shape index (κ2) is 7.34. The molecule has 2 N–H and O–H groups in total. The summed E-state index contributed by atoms with van der Waals surface area (Å²) in [5, 5.41) is 7.62. The quantitative estimate of drug-likeness (QED) is 0.499. The summed E-state index contributed by atoms with van der Waals surface area (Å²) in [5.41, 5.74) is 8.13. The van der Waals surface area contributed by atoms with E-state index in [-0.39, 0.29) is 18.1 Å². The summed E-state index contributed by atoms with van der Waals surface area (Å²) in [6, 6.07) is 5.39. The molecule has 3 aromatic heterocycles. The molecule has 1 unspecified atom stereocenters. The SMILES string of the molecule is CCn1c(N2CCCC(N)C2)nc2c1c(=O)n(Cc1ccc3nonc3c1)c(=O)n2C. The van der Waals surface area contributed by atoms with Crippen LogP contribution in [0.3, 0.4) is 0 Å². The van der Waals surface area contributed by atoms with Crippen molar-refractivity contribution >= 4 is 28.1 Å². The Balaban J connectivity index is 1.66. The molecule has 1 saturated heterocycles. The predicted molar refractivity (Wildman–Crippen MR) is 115 cm³/mol. The van der Waals surface area contributed by atoms with E-state index in [1.807, 2.05) is 11.5 Å². The van der Waals surface area contributed by atoms with E-state index >= 15 is 0 Å². The van der Waals surface area contributed by atoms with Gasteiger partial charge in [0.15, 0.2) is 11.2 Å². The lowest BCUT2D eigenvalue weighted by atomic mass is 10.1. The number of anilines is 1. The molecule has 4 heterocycles. The van der Waals surface area contributed by atoms with Crippen LogP contribution in [0.5, 0.6) is 0 Å². The second-order valence-corrected chi connectivity index (χ2v) is 8.00. The van der Waals surface area contributed by atoms with Crippen LogP contribution in [-0.2, 0) is 20.1 Å². The van der Waals surface area contributed by atoms with Crippen LogP contribution < -0.4 is 21.9 Å². The number of rotatable bonds is 4. The van der Waals surface area contributed by atoms with Crippen molar-refractivity contribution in [3.63, 3.8) is 0 Å². The molecule has 0 radical (unpaired) electrons. The van der Waals surface area contributed by atoms with Crippen LogP contribution in [0.1, 0.15) is 25.3 Å². The summed E-state index contributed by atoms with van der Waals surface area (Å²) in [7, 11) is 1.64. The number of fused-ring (bicyclic) bond motifs is 2. The molecule has 11 nitrogen and oxygen atoms in total. The maximum atomic E-state index is 13.5. The zero-order valence-corrected chi connectivity index (χ0v) is 17.5. The van der Waals surface area contributed by atoms with Crippen LogP contribution in [0.4, 0.5) is 5.95 Å². The van der Waals surface area contributed by atoms with Gasteiger partial charge in [-0.2, -0.15) is 4.98 Å². The number of piperidine rings is 1. The first-order valence-electron chi connectivity index (χ1n) is 10.4. The highest BCUT2D eigenvalue weighted by molar-refractivity contribution is 5.75. The lowest BCUT2D eigenvalue weighted by molar-refractivity contribution is 0.315. The second-order valence-electron chi connectivity index (χ2n) is 8.00. The highest BCUT2D eigenvalue weighted by Crippen LogP contribution is 2.23. The van der Waals surface area contributed by atoms with Crippen molar-refractivity contribution in [2.45, 2.75) is 38.9 Å². The first-order valence-corrected chi connectivity index (χ1v) is 10.4. The van der Waals surface area contributed by atoms with Gasteiger partial charge in [0.2, 0.25) is 5.95 Å². The Morgan fingerprint density at radius 3 is 2.77 bits per heavy atom. The van der Waals surface area contributed by atoms with E-state index in [1.54, 1.807) is 25.2 Å². The molecule has 1 aliphatic rings. The van der Waals surface area contributed by atoms with Crippen molar-refractivity contribution in [2.24, 2.45) is 12.8 Å². The number of benzene rings is 1. The normalized spacial score (nSPS) is 17.1. The lowest BCUT2D eigenvalue weighted by Gasteiger charge is -2.31. The molecule has 0 saturated carbocycles. The molecular formula is C20H24N8O3. The number of imidazole rings is 1. The molecule has 1 fully saturated rings. The van der Waals surface area contributed by atoms with Crippen molar-refractivity contribution in [1.29, 1.82) is 0 Å². The Kier molecular flexibility index (Phi) is 4.62. The van der Waals surface area contributed by atoms with Gasteiger partial charge < -0.3 is 15.2 Å². The molecule has 1 aliphatic heterocycles. The molecule has 162 valence electrons. The van der Waals surface area contributed by atoms with Crippen LogP contribution in [0.2, 0.25) is 0 Å². The fourth-order valence-corrected chi connectivity index (χ4v) is 4.34. The van der Waals surface area contributed by atoms with Crippen molar-refractivity contribution < 1.29 is 4.63 Å². The van der Waals surface area contributed by atoms with Gasteiger partial charge in [-0.3, -0.25) is 13.9 Å². The summed E-state index contributed by atoms with van der Waals surface area (Å²) < 4.78 is 9.29. The topological polar surface area (TPSA) is 130 Å². The van der Waals surface area contributed by atoms with Gasteiger partial charge >= 0.3 is 5.69 Å². The van der Waals surface area contributed by atoms with Gasteiger partial charge in [-0.05, 0) is 47.8 Å². The minimum atomic E-state index is -0.418.